The molecule has 2 heterocycles. The highest BCUT2D eigenvalue weighted by molar-refractivity contribution is 5.11. The van der Waals surface area contributed by atoms with Crippen LogP contribution in [-0.2, 0) is 6.54 Å². The number of nitrogens with one attached hydrogen (secondary N) is 1. The molecule has 0 spiro atoms. The third-order valence-electron chi connectivity index (χ3n) is 2.66. The fourth-order valence-electron chi connectivity index (χ4n) is 2.00. The predicted octanol–water partition coefficient (Wildman–Crippen LogP) is 1.54. The molecule has 0 aromatic carbocycles. The van der Waals surface area contributed by atoms with E-state index in [1.165, 1.54) is 17.7 Å². The van der Waals surface area contributed by atoms with E-state index in [1.807, 2.05) is 12.5 Å². The van der Waals surface area contributed by atoms with Crippen LogP contribution in [-0.4, -0.2) is 22.6 Å². The van der Waals surface area contributed by atoms with Crippen molar-refractivity contribution >= 4 is 0 Å². The molecule has 3 heteroatoms. The van der Waals surface area contributed by atoms with Gasteiger partial charge in [-0.1, -0.05) is 12.2 Å². The lowest BCUT2D eigenvalue weighted by Gasteiger charge is -2.12. The third kappa shape index (κ3) is 1.87. The van der Waals surface area contributed by atoms with Crippen molar-refractivity contribution in [2.24, 2.45) is 0 Å². The van der Waals surface area contributed by atoms with Crippen molar-refractivity contribution in [1.82, 2.24) is 14.9 Å². The summed E-state index contributed by atoms with van der Waals surface area (Å²) >= 11 is 0. The average molecular weight is 191 g/mol. The van der Waals surface area contributed by atoms with Crippen LogP contribution < -0.4 is 5.32 Å². The lowest BCUT2D eigenvalue weighted by atomic mass is 10.1. The molecular weight excluding hydrogens is 174 g/mol. The summed E-state index contributed by atoms with van der Waals surface area (Å²) < 4.78 is 2.21. The Morgan fingerprint density at radius 3 is 3.29 bits per heavy atom. The van der Waals surface area contributed by atoms with E-state index in [0.717, 1.165) is 19.6 Å². The van der Waals surface area contributed by atoms with Crippen molar-refractivity contribution in [2.75, 3.05) is 13.1 Å². The maximum atomic E-state index is 4.21. The van der Waals surface area contributed by atoms with Gasteiger partial charge >= 0.3 is 0 Å². The second kappa shape index (κ2) is 3.96. The number of hydrogen-bond acceptors (Lipinski definition) is 2. The van der Waals surface area contributed by atoms with Crippen LogP contribution in [0.15, 0.2) is 24.7 Å². The molecule has 1 fully saturated rings. The summed E-state index contributed by atoms with van der Waals surface area (Å²) in [4.78, 5) is 4.21. The molecule has 1 aliphatic rings. The van der Waals surface area contributed by atoms with Gasteiger partial charge in [-0.25, -0.2) is 4.98 Å². The summed E-state index contributed by atoms with van der Waals surface area (Å²) in [5.74, 6) is 0.636. The summed E-state index contributed by atoms with van der Waals surface area (Å²) in [6.07, 6.45) is 5.12. The molecule has 1 aliphatic heterocycles. The Hall–Kier alpha value is -1.09. The molecule has 3 nitrogen and oxygen atoms in total. The summed E-state index contributed by atoms with van der Waals surface area (Å²) in [6.45, 7) is 9.09. The molecule has 1 N–H and O–H groups in total. The highest BCUT2D eigenvalue weighted by atomic mass is 15.1. The zero-order valence-corrected chi connectivity index (χ0v) is 8.66. The summed E-state index contributed by atoms with van der Waals surface area (Å²) in [5.41, 5.74) is 2.52. The van der Waals surface area contributed by atoms with Crippen molar-refractivity contribution in [3.63, 3.8) is 0 Å². The second-order valence-electron chi connectivity index (χ2n) is 4.09. The molecular formula is C11H17N3. The van der Waals surface area contributed by atoms with Gasteiger partial charge in [-0.3, -0.25) is 0 Å². The van der Waals surface area contributed by atoms with E-state index in [-0.39, 0.29) is 0 Å². The standard InChI is InChI=1S/C11H17N3/c1-9(2)7-14-8-13-6-11(14)10-3-4-12-5-10/h6,8,10,12H,1,3-5,7H2,2H3. The molecule has 76 valence electrons. The van der Waals surface area contributed by atoms with E-state index < -0.39 is 0 Å². The topological polar surface area (TPSA) is 29.9 Å². The van der Waals surface area contributed by atoms with Crippen LogP contribution in [0, 0.1) is 0 Å². The van der Waals surface area contributed by atoms with Crippen LogP contribution >= 0.6 is 0 Å². The lowest BCUT2D eigenvalue weighted by Crippen LogP contribution is -2.11. The zero-order valence-electron chi connectivity index (χ0n) is 8.66. The van der Waals surface area contributed by atoms with Gasteiger partial charge < -0.3 is 9.88 Å². The number of allylic oxidation sites excluding steroid dienone is 1. The Morgan fingerprint density at radius 2 is 2.64 bits per heavy atom. The van der Waals surface area contributed by atoms with Gasteiger partial charge in [0.1, 0.15) is 0 Å². The first kappa shape index (κ1) is 9.46. The van der Waals surface area contributed by atoms with Gasteiger partial charge in [0, 0.05) is 30.9 Å². The van der Waals surface area contributed by atoms with Gasteiger partial charge in [0.05, 0.1) is 6.33 Å². The lowest BCUT2D eigenvalue weighted by molar-refractivity contribution is 0.650. The molecule has 0 saturated carbocycles. The highest BCUT2D eigenvalue weighted by Gasteiger charge is 2.19. The van der Waals surface area contributed by atoms with Crippen molar-refractivity contribution < 1.29 is 0 Å². The fourth-order valence-corrected chi connectivity index (χ4v) is 2.00. The SMILES string of the molecule is C=C(C)Cn1cncc1C1CCNC1. The van der Waals surface area contributed by atoms with E-state index in [4.69, 9.17) is 0 Å². The van der Waals surface area contributed by atoms with Gasteiger partial charge in [0.25, 0.3) is 0 Å². The summed E-state index contributed by atoms with van der Waals surface area (Å²) in [7, 11) is 0. The van der Waals surface area contributed by atoms with E-state index in [1.54, 1.807) is 0 Å². The Bertz CT molecular complexity index is 321. The highest BCUT2D eigenvalue weighted by Crippen LogP contribution is 2.22. The van der Waals surface area contributed by atoms with Crippen LogP contribution in [0.3, 0.4) is 0 Å². The number of nitrogens with zero attached hydrogens (tertiary/aromatic N) is 2. The molecule has 1 saturated heterocycles. The zero-order chi connectivity index (χ0) is 9.97. The van der Waals surface area contributed by atoms with Crippen LogP contribution in [0.25, 0.3) is 0 Å². The minimum Gasteiger partial charge on any atom is -0.330 e. The molecule has 1 aromatic heterocycles. The van der Waals surface area contributed by atoms with Gasteiger partial charge in [-0.05, 0) is 19.9 Å². The maximum Gasteiger partial charge on any atom is 0.0951 e. The number of imidazole rings is 1. The first-order valence-electron chi connectivity index (χ1n) is 5.12. The minimum atomic E-state index is 0.636. The van der Waals surface area contributed by atoms with E-state index >= 15 is 0 Å². The molecule has 0 radical (unpaired) electrons. The predicted molar refractivity (Wildman–Crippen MR) is 57.3 cm³/mol. The van der Waals surface area contributed by atoms with Crippen LogP contribution in [0.2, 0.25) is 0 Å². The average Bonchev–Trinajstić information content (AvgIpc) is 2.70. The fraction of sp³-hybridized carbons (Fsp3) is 0.545. The van der Waals surface area contributed by atoms with Gasteiger partial charge in [0.15, 0.2) is 0 Å². The van der Waals surface area contributed by atoms with Crippen molar-refractivity contribution in [2.45, 2.75) is 25.8 Å². The molecule has 1 aromatic rings. The van der Waals surface area contributed by atoms with E-state index in [2.05, 4.69) is 28.4 Å². The summed E-state index contributed by atoms with van der Waals surface area (Å²) in [6, 6.07) is 0. The summed E-state index contributed by atoms with van der Waals surface area (Å²) in [5, 5.41) is 3.38. The van der Waals surface area contributed by atoms with Crippen molar-refractivity contribution in [3.05, 3.63) is 30.4 Å². The largest absolute Gasteiger partial charge is 0.330 e. The van der Waals surface area contributed by atoms with Gasteiger partial charge in [-0.15, -0.1) is 0 Å². The van der Waals surface area contributed by atoms with Crippen LogP contribution in [0.4, 0.5) is 0 Å². The first-order chi connectivity index (χ1) is 6.77. The molecule has 14 heavy (non-hydrogen) atoms. The minimum absolute atomic E-state index is 0.636. The van der Waals surface area contributed by atoms with Crippen LogP contribution in [0.5, 0.6) is 0 Å². The third-order valence-corrected chi connectivity index (χ3v) is 2.66. The Morgan fingerprint density at radius 1 is 1.79 bits per heavy atom. The van der Waals surface area contributed by atoms with Crippen LogP contribution in [0.1, 0.15) is 25.0 Å². The molecule has 0 aliphatic carbocycles. The number of hydrogen-bond donors (Lipinski definition) is 1. The Kier molecular flexibility index (Phi) is 2.68. The number of rotatable bonds is 3. The van der Waals surface area contributed by atoms with Gasteiger partial charge in [0.2, 0.25) is 0 Å². The monoisotopic (exact) mass is 191 g/mol. The van der Waals surface area contributed by atoms with Crippen molar-refractivity contribution in [1.29, 1.82) is 0 Å². The van der Waals surface area contributed by atoms with E-state index in [9.17, 15) is 0 Å². The maximum absolute atomic E-state index is 4.21. The van der Waals surface area contributed by atoms with Gasteiger partial charge in [-0.2, -0.15) is 0 Å². The first-order valence-corrected chi connectivity index (χ1v) is 5.12. The Labute approximate surface area is 84.8 Å². The second-order valence-corrected chi connectivity index (χ2v) is 4.09. The number of aromatic nitrogens is 2. The smallest absolute Gasteiger partial charge is 0.0951 e. The normalized spacial score (nSPS) is 21.4. The molecule has 0 bridgehead atoms. The molecule has 2 rings (SSSR count). The molecule has 1 atom stereocenters. The molecule has 1 unspecified atom stereocenters. The van der Waals surface area contributed by atoms with Crippen molar-refractivity contribution in [3.8, 4) is 0 Å². The van der Waals surface area contributed by atoms with E-state index in [0.29, 0.717) is 5.92 Å². The Balaban J connectivity index is 2.15. The quantitative estimate of drug-likeness (QED) is 0.734. The molecule has 0 amide bonds.